The molecule has 0 amide bonds. The molecule has 1 aliphatic rings. The van der Waals surface area contributed by atoms with Crippen molar-refractivity contribution < 1.29 is 0 Å². The standard InChI is InChI=1S/C20H30N6/c1-21-20(22-10-14-25-11-3-2-4-12-25)23-16-18-7-5-8-19(15-18)17-26-13-6-9-24-26/h5-9,13,15H,2-4,10-12,14,16-17H2,1H3,(H2,21,22,23). The molecule has 0 spiro atoms. The van der Waals surface area contributed by atoms with E-state index < -0.39 is 0 Å². The predicted octanol–water partition coefficient (Wildman–Crippen LogP) is 2.08. The number of benzene rings is 1. The van der Waals surface area contributed by atoms with Gasteiger partial charge in [-0.3, -0.25) is 9.67 Å². The van der Waals surface area contributed by atoms with E-state index in [0.717, 1.165) is 32.1 Å². The van der Waals surface area contributed by atoms with Crippen LogP contribution in [0.2, 0.25) is 0 Å². The lowest BCUT2D eigenvalue weighted by Crippen LogP contribution is -2.42. The summed E-state index contributed by atoms with van der Waals surface area (Å²) in [6.45, 7) is 6.03. The van der Waals surface area contributed by atoms with E-state index in [0.29, 0.717) is 0 Å². The van der Waals surface area contributed by atoms with E-state index in [1.54, 1.807) is 0 Å². The largest absolute Gasteiger partial charge is 0.355 e. The minimum absolute atomic E-state index is 0.760. The second-order valence-corrected chi connectivity index (χ2v) is 6.78. The zero-order valence-electron chi connectivity index (χ0n) is 15.7. The first-order valence-corrected chi connectivity index (χ1v) is 9.55. The number of aromatic nitrogens is 2. The van der Waals surface area contributed by atoms with Gasteiger partial charge in [0, 0.05) is 39.1 Å². The van der Waals surface area contributed by atoms with E-state index in [-0.39, 0.29) is 0 Å². The molecule has 0 atom stereocenters. The molecule has 1 aromatic carbocycles. The van der Waals surface area contributed by atoms with Gasteiger partial charge in [0.1, 0.15) is 0 Å². The fraction of sp³-hybridized carbons (Fsp3) is 0.500. The second kappa shape index (κ2) is 9.97. The van der Waals surface area contributed by atoms with Gasteiger partial charge in [0.25, 0.3) is 0 Å². The van der Waals surface area contributed by atoms with Crippen LogP contribution in [0.15, 0.2) is 47.7 Å². The number of hydrogen-bond donors (Lipinski definition) is 2. The molecule has 26 heavy (non-hydrogen) atoms. The van der Waals surface area contributed by atoms with Crippen molar-refractivity contribution in [1.29, 1.82) is 0 Å². The lowest BCUT2D eigenvalue weighted by molar-refractivity contribution is 0.232. The molecule has 1 aromatic heterocycles. The summed E-state index contributed by atoms with van der Waals surface area (Å²) in [6, 6.07) is 10.5. The van der Waals surface area contributed by atoms with Gasteiger partial charge in [0.15, 0.2) is 5.96 Å². The maximum Gasteiger partial charge on any atom is 0.191 e. The second-order valence-electron chi connectivity index (χ2n) is 6.78. The highest BCUT2D eigenvalue weighted by atomic mass is 15.3. The van der Waals surface area contributed by atoms with Crippen LogP contribution in [0.1, 0.15) is 30.4 Å². The summed E-state index contributed by atoms with van der Waals surface area (Å²) in [4.78, 5) is 6.86. The molecule has 0 saturated carbocycles. The van der Waals surface area contributed by atoms with Crippen molar-refractivity contribution in [2.24, 2.45) is 4.99 Å². The number of rotatable bonds is 7. The van der Waals surface area contributed by atoms with Crippen molar-refractivity contribution in [3.8, 4) is 0 Å². The van der Waals surface area contributed by atoms with Crippen LogP contribution in [0.25, 0.3) is 0 Å². The van der Waals surface area contributed by atoms with Gasteiger partial charge < -0.3 is 15.5 Å². The van der Waals surface area contributed by atoms with E-state index in [9.17, 15) is 0 Å². The molecule has 6 nitrogen and oxygen atoms in total. The Morgan fingerprint density at radius 1 is 1.12 bits per heavy atom. The lowest BCUT2D eigenvalue weighted by atomic mass is 10.1. The molecule has 1 aliphatic heterocycles. The van der Waals surface area contributed by atoms with Crippen LogP contribution < -0.4 is 10.6 Å². The number of piperidine rings is 1. The first-order valence-electron chi connectivity index (χ1n) is 9.55. The highest BCUT2D eigenvalue weighted by Gasteiger charge is 2.09. The molecule has 6 heteroatoms. The molecule has 140 valence electrons. The maximum absolute atomic E-state index is 4.33. The van der Waals surface area contributed by atoms with Gasteiger partial charge in [-0.2, -0.15) is 5.10 Å². The van der Waals surface area contributed by atoms with Gasteiger partial charge in [0.2, 0.25) is 0 Å². The van der Waals surface area contributed by atoms with Crippen molar-refractivity contribution in [1.82, 2.24) is 25.3 Å². The predicted molar refractivity (Wildman–Crippen MR) is 106 cm³/mol. The van der Waals surface area contributed by atoms with Crippen LogP contribution in [0.5, 0.6) is 0 Å². The van der Waals surface area contributed by atoms with Crippen LogP contribution in [0.3, 0.4) is 0 Å². The Morgan fingerprint density at radius 2 is 1.96 bits per heavy atom. The summed E-state index contributed by atoms with van der Waals surface area (Å²) in [7, 11) is 1.82. The Hall–Kier alpha value is -2.34. The average molecular weight is 355 g/mol. The first kappa shape index (κ1) is 18.5. The first-order chi connectivity index (χ1) is 12.8. The summed E-state index contributed by atoms with van der Waals surface area (Å²) in [5.74, 6) is 0.861. The topological polar surface area (TPSA) is 57.5 Å². The van der Waals surface area contributed by atoms with Crippen molar-refractivity contribution in [3.05, 3.63) is 53.9 Å². The number of likely N-dealkylation sites (tertiary alicyclic amines) is 1. The van der Waals surface area contributed by atoms with Crippen LogP contribution in [0, 0.1) is 0 Å². The van der Waals surface area contributed by atoms with Gasteiger partial charge >= 0.3 is 0 Å². The van der Waals surface area contributed by atoms with Gasteiger partial charge in [0.05, 0.1) is 6.54 Å². The number of guanidine groups is 1. The SMILES string of the molecule is CN=C(NCCN1CCCCC1)NCc1cccc(Cn2cccn2)c1. The van der Waals surface area contributed by atoms with Gasteiger partial charge in [-0.05, 0) is 43.1 Å². The van der Waals surface area contributed by atoms with E-state index >= 15 is 0 Å². The summed E-state index contributed by atoms with van der Waals surface area (Å²) in [5.41, 5.74) is 2.50. The molecular weight excluding hydrogens is 324 g/mol. The minimum Gasteiger partial charge on any atom is -0.355 e. The number of aliphatic imine (C=N–C) groups is 1. The smallest absolute Gasteiger partial charge is 0.191 e. The third-order valence-corrected chi connectivity index (χ3v) is 4.75. The molecule has 1 fully saturated rings. The number of nitrogens with one attached hydrogen (secondary N) is 2. The molecule has 2 heterocycles. The van der Waals surface area contributed by atoms with E-state index in [1.807, 2.05) is 30.2 Å². The van der Waals surface area contributed by atoms with E-state index in [1.165, 1.54) is 43.5 Å². The van der Waals surface area contributed by atoms with Crippen LogP contribution in [-0.2, 0) is 13.1 Å². The van der Waals surface area contributed by atoms with E-state index in [4.69, 9.17) is 0 Å². The fourth-order valence-corrected chi connectivity index (χ4v) is 3.34. The molecule has 3 rings (SSSR count). The van der Waals surface area contributed by atoms with Crippen molar-refractivity contribution in [3.63, 3.8) is 0 Å². The fourth-order valence-electron chi connectivity index (χ4n) is 3.34. The average Bonchev–Trinajstić information content (AvgIpc) is 3.18. The quantitative estimate of drug-likeness (QED) is 0.590. The Balaban J connectivity index is 1.43. The van der Waals surface area contributed by atoms with Gasteiger partial charge in [-0.25, -0.2) is 0 Å². The Labute approximate surface area is 156 Å². The summed E-state index contributed by atoms with van der Waals surface area (Å²) in [5, 5.41) is 11.1. The van der Waals surface area contributed by atoms with Gasteiger partial charge in [-0.1, -0.05) is 30.7 Å². The zero-order chi connectivity index (χ0) is 18.0. The number of hydrogen-bond acceptors (Lipinski definition) is 3. The molecule has 1 saturated heterocycles. The van der Waals surface area contributed by atoms with Crippen LogP contribution in [-0.4, -0.2) is 53.9 Å². The highest BCUT2D eigenvalue weighted by Crippen LogP contribution is 2.08. The minimum atomic E-state index is 0.760. The third kappa shape index (κ3) is 5.88. The number of nitrogens with zero attached hydrogens (tertiary/aromatic N) is 4. The summed E-state index contributed by atoms with van der Waals surface area (Å²) >= 11 is 0. The summed E-state index contributed by atoms with van der Waals surface area (Å²) < 4.78 is 1.94. The monoisotopic (exact) mass is 354 g/mol. The molecule has 2 aromatic rings. The highest BCUT2D eigenvalue weighted by molar-refractivity contribution is 5.79. The zero-order valence-corrected chi connectivity index (χ0v) is 15.7. The van der Waals surface area contributed by atoms with Crippen molar-refractivity contribution in [2.45, 2.75) is 32.4 Å². The Morgan fingerprint density at radius 3 is 2.73 bits per heavy atom. The lowest BCUT2D eigenvalue weighted by Gasteiger charge is -2.26. The van der Waals surface area contributed by atoms with E-state index in [2.05, 4.69) is 49.9 Å². The molecule has 0 aliphatic carbocycles. The van der Waals surface area contributed by atoms with Gasteiger partial charge in [-0.15, -0.1) is 0 Å². The Kier molecular flexibility index (Phi) is 7.07. The van der Waals surface area contributed by atoms with Crippen molar-refractivity contribution in [2.75, 3.05) is 33.2 Å². The van der Waals surface area contributed by atoms with Crippen molar-refractivity contribution >= 4 is 5.96 Å². The maximum atomic E-state index is 4.33. The Bertz CT molecular complexity index is 673. The van der Waals surface area contributed by atoms with Crippen LogP contribution >= 0.6 is 0 Å². The molecule has 2 N–H and O–H groups in total. The molecule has 0 radical (unpaired) electrons. The normalized spacial score (nSPS) is 15.8. The third-order valence-electron chi connectivity index (χ3n) is 4.75. The van der Waals surface area contributed by atoms with Crippen LogP contribution in [0.4, 0.5) is 0 Å². The molecule has 0 unspecified atom stereocenters. The molecular formula is C20H30N6. The summed E-state index contributed by atoms with van der Waals surface area (Å²) in [6.07, 6.45) is 7.85. The molecule has 0 bridgehead atoms.